The first-order valence-corrected chi connectivity index (χ1v) is 12.0. The molecule has 0 amide bonds. The molecule has 1 saturated heterocycles. The zero-order valence-electron chi connectivity index (χ0n) is 17.7. The van der Waals surface area contributed by atoms with E-state index in [1.807, 2.05) is 22.1 Å². The highest BCUT2D eigenvalue weighted by atomic mass is 32.1. The quantitative estimate of drug-likeness (QED) is 0.410. The Bertz CT molecular complexity index is 1200. The normalized spacial score (nSPS) is 15.2. The average Bonchev–Trinajstić information content (AvgIpc) is 3.14. The lowest BCUT2D eigenvalue weighted by atomic mass is 10.0. The van der Waals surface area contributed by atoms with Gasteiger partial charge in [-0.15, -0.1) is 11.3 Å². The third-order valence-electron chi connectivity index (χ3n) is 6.15. The second kappa shape index (κ2) is 9.16. The molecule has 4 aromatic rings. The zero-order chi connectivity index (χ0) is 21.0. The van der Waals surface area contributed by atoms with Gasteiger partial charge in [0.05, 0.1) is 5.52 Å². The van der Waals surface area contributed by atoms with Crippen molar-refractivity contribution in [3.63, 3.8) is 0 Å². The Kier molecular flexibility index (Phi) is 5.96. The molecule has 0 N–H and O–H groups in total. The summed E-state index contributed by atoms with van der Waals surface area (Å²) >= 11 is 1.49. The fourth-order valence-corrected chi connectivity index (χ4v) is 5.19. The van der Waals surface area contributed by atoms with Gasteiger partial charge in [0.15, 0.2) is 0 Å². The van der Waals surface area contributed by atoms with E-state index in [0.29, 0.717) is 6.54 Å². The molecule has 1 fully saturated rings. The number of nitrogens with zero attached hydrogens (tertiary/aromatic N) is 3. The van der Waals surface area contributed by atoms with Gasteiger partial charge >= 0.3 is 0 Å². The molecule has 0 atom stereocenters. The molecule has 2 aromatic heterocycles. The van der Waals surface area contributed by atoms with Gasteiger partial charge in [0.2, 0.25) is 0 Å². The Hall–Kier alpha value is -2.76. The van der Waals surface area contributed by atoms with Gasteiger partial charge in [0.1, 0.15) is 10.5 Å². The molecule has 1 aliphatic rings. The number of aromatic nitrogens is 2. The van der Waals surface area contributed by atoms with Crippen LogP contribution in [0.2, 0.25) is 0 Å². The number of benzene rings is 2. The summed E-state index contributed by atoms with van der Waals surface area (Å²) < 4.78 is 2.64. The molecular weight excluding hydrogens is 402 g/mol. The summed E-state index contributed by atoms with van der Waals surface area (Å²) in [6, 6.07) is 20.7. The molecular formula is C26H27N3OS. The lowest BCUT2D eigenvalue weighted by Gasteiger charge is -2.21. The van der Waals surface area contributed by atoms with Gasteiger partial charge in [-0.05, 0) is 48.5 Å². The monoisotopic (exact) mass is 429 g/mol. The van der Waals surface area contributed by atoms with Crippen LogP contribution in [0.15, 0.2) is 70.8 Å². The summed E-state index contributed by atoms with van der Waals surface area (Å²) in [7, 11) is 0. The van der Waals surface area contributed by atoms with Crippen molar-refractivity contribution in [3.05, 3.63) is 76.4 Å². The second-order valence-electron chi connectivity index (χ2n) is 8.23. The number of likely N-dealkylation sites (tertiary alicyclic amines) is 1. The van der Waals surface area contributed by atoms with E-state index in [2.05, 4.69) is 53.4 Å². The number of rotatable bonds is 5. The Balaban J connectivity index is 1.49. The number of fused-ring (bicyclic) bond motifs is 1. The Morgan fingerprint density at radius 3 is 2.19 bits per heavy atom. The van der Waals surface area contributed by atoms with Crippen LogP contribution >= 0.6 is 11.3 Å². The maximum Gasteiger partial charge on any atom is 0.271 e. The first-order chi connectivity index (χ1) is 15.3. The summed E-state index contributed by atoms with van der Waals surface area (Å²) in [5.74, 6) is 0.769. The average molecular weight is 430 g/mol. The molecule has 5 rings (SSSR count). The molecule has 2 aromatic carbocycles. The summed E-state index contributed by atoms with van der Waals surface area (Å²) in [5.41, 5.74) is 4.22. The maximum atomic E-state index is 13.3. The second-order valence-corrected chi connectivity index (χ2v) is 9.14. The first kappa shape index (κ1) is 20.2. The number of thiophene rings is 1. The standard InChI is InChI=1S/C26H27N3OS/c30-26-24-23(14-19-31-24)27-25(29(26)18-17-28-15-6-1-2-7-16-28)22-12-10-21(11-13-22)20-8-4-3-5-9-20/h3-5,8-14,19H,1-2,6-7,15-18H2. The third kappa shape index (κ3) is 4.34. The SMILES string of the molecule is O=c1c2sccc2nc(-c2ccc(-c3ccccc3)cc2)n1CCN1CCCCCC1. The van der Waals surface area contributed by atoms with Crippen LogP contribution in [0.4, 0.5) is 0 Å². The van der Waals surface area contributed by atoms with Crippen molar-refractivity contribution in [3.8, 4) is 22.5 Å². The van der Waals surface area contributed by atoms with Crippen molar-refractivity contribution in [1.82, 2.24) is 14.5 Å². The van der Waals surface area contributed by atoms with E-state index in [1.165, 1.54) is 48.1 Å². The van der Waals surface area contributed by atoms with Gasteiger partial charge in [0.25, 0.3) is 5.56 Å². The van der Waals surface area contributed by atoms with Crippen molar-refractivity contribution >= 4 is 21.6 Å². The largest absolute Gasteiger partial charge is 0.302 e. The summed E-state index contributed by atoms with van der Waals surface area (Å²) in [4.78, 5) is 20.7. The Morgan fingerprint density at radius 2 is 1.45 bits per heavy atom. The van der Waals surface area contributed by atoms with Crippen molar-refractivity contribution in [2.24, 2.45) is 0 Å². The molecule has 0 spiro atoms. The lowest BCUT2D eigenvalue weighted by molar-refractivity contribution is 0.272. The van der Waals surface area contributed by atoms with Gasteiger partial charge in [0, 0.05) is 18.7 Å². The summed E-state index contributed by atoms with van der Waals surface area (Å²) in [5, 5.41) is 1.96. The fraction of sp³-hybridized carbons (Fsp3) is 0.308. The van der Waals surface area contributed by atoms with Gasteiger partial charge in [-0.1, -0.05) is 67.4 Å². The summed E-state index contributed by atoms with van der Waals surface area (Å²) in [6.45, 7) is 3.83. The van der Waals surface area contributed by atoms with Crippen LogP contribution in [0, 0.1) is 0 Å². The first-order valence-electron chi connectivity index (χ1n) is 11.2. The lowest BCUT2D eigenvalue weighted by Crippen LogP contribution is -2.32. The highest BCUT2D eigenvalue weighted by Gasteiger charge is 2.16. The molecule has 5 heteroatoms. The smallest absolute Gasteiger partial charge is 0.271 e. The number of hydrogen-bond acceptors (Lipinski definition) is 4. The van der Waals surface area contributed by atoms with Crippen molar-refractivity contribution in [2.75, 3.05) is 19.6 Å². The zero-order valence-corrected chi connectivity index (χ0v) is 18.5. The van der Waals surface area contributed by atoms with E-state index >= 15 is 0 Å². The molecule has 0 bridgehead atoms. The molecule has 0 radical (unpaired) electrons. The molecule has 1 aliphatic heterocycles. The topological polar surface area (TPSA) is 38.1 Å². The molecule has 158 valence electrons. The fourth-order valence-electron chi connectivity index (χ4n) is 4.42. The summed E-state index contributed by atoms with van der Waals surface area (Å²) in [6.07, 6.45) is 5.15. The molecule has 3 heterocycles. The Labute approximate surface area is 186 Å². The van der Waals surface area contributed by atoms with Crippen molar-refractivity contribution < 1.29 is 0 Å². The van der Waals surface area contributed by atoms with Crippen molar-refractivity contribution in [2.45, 2.75) is 32.2 Å². The van der Waals surface area contributed by atoms with Crippen LogP contribution in [0.1, 0.15) is 25.7 Å². The molecule has 31 heavy (non-hydrogen) atoms. The molecule has 0 unspecified atom stereocenters. The van der Waals surface area contributed by atoms with Crippen LogP contribution < -0.4 is 5.56 Å². The Morgan fingerprint density at radius 1 is 0.774 bits per heavy atom. The third-order valence-corrected chi connectivity index (χ3v) is 7.05. The minimum atomic E-state index is 0.0805. The number of hydrogen-bond donors (Lipinski definition) is 0. The van der Waals surface area contributed by atoms with Crippen LogP contribution in [-0.2, 0) is 6.54 Å². The minimum absolute atomic E-state index is 0.0805. The van der Waals surface area contributed by atoms with Gasteiger partial charge in [-0.2, -0.15) is 0 Å². The van der Waals surface area contributed by atoms with E-state index in [-0.39, 0.29) is 5.56 Å². The highest BCUT2D eigenvalue weighted by molar-refractivity contribution is 7.17. The van der Waals surface area contributed by atoms with Crippen LogP contribution in [0.5, 0.6) is 0 Å². The molecule has 0 aliphatic carbocycles. The molecule has 0 saturated carbocycles. The maximum absolute atomic E-state index is 13.3. The predicted octanol–water partition coefficient (Wildman–Crippen LogP) is 5.67. The van der Waals surface area contributed by atoms with Crippen LogP contribution in [0.3, 0.4) is 0 Å². The highest BCUT2D eigenvalue weighted by Crippen LogP contribution is 2.25. The van der Waals surface area contributed by atoms with Crippen LogP contribution in [0.25, 0.3) is 32.7 Å². The van der Waals surface area contributed by atoms with E-state index in [1.54, 1.807) is 0 Å². The van der Waals surface area contributed by atoms with Crippen molar-refractivity contribution in [1.29, 1.82) is 0 Å². The van der Waals surface area contributed by atoms with E-state index in [4.69, 9.17) is 4.98 Å². The van der Waals surface area contributed by atoms with Gasteiger partial charge in [-0.25, -0.2) is 4.98 Å². The van der Waals surface area contributed by atoms with E-state index < -0.39 is 0 Å². The van der Waals surface area contributed by atoms with Gasteiger partial charge in [-0.3, -0.25) is 9.36 Å². The van der Waals surface area contributed by atoms with E-state index in [9.17, 15) is 4.79 Å². The minimum Gasteiger partial charge on any atom is -0.302 e. The molecule has 4 nitrogen and oxygen atoms in total. The predicted molar refractivity (Wildman–Crippen MR) is 130 cm³/mol. The van der Waals surface area contributed by atoms with E-state index in [0.717, 1.165) is 41.2 Å². The van der Waals surface area contributed by atoms with Crippen LogP contribution in [-0.4, -0.2) is 34.1 Å². The van der Waals surface area contributed by atoms with Gasteiger partial charge < -0.3 is 4.90 Å².